The number of nitrogens with zero attached hydrogens (tertiary/aromatic N) is 2. The fraction of sp³-hybridized carbons (Fsp3) is 0.333. The topological polar surface area (TPSA) is 62.6 Å². The van der Waals surface area contributed by atoms with Crippen LogP contribution in [0.1, 0.15) is 36.6 Å². The molecule has 154 valence electrons. The van der Waals surface area contributed by atoms with E-state index in [2.05, 4.69) is 4.98 Å². The molecule has 3 rings (SSSR count). The second-order valence-electron chi connectivity index (χ2n) is 6.81. The highest BCUT2D eigenvalue weighted by molar-refractivity contribution is 5.90. The van der Waals surface area contributed by atoms with Gasteiger partial charge in [-0.1, -0.05) is 26.0 Å². The minimum atomic E-state index is -2.80. The largest absolute Gasteiger partial charge is 0.493 e. The summed E-state index contributed by atoms with van der Waals surface area (Å²) in [6.07, 6.45) is 0. The van der Waals surface area contributed by atoms with Crippen molar-refractivity contribution in [3.05, 3.63) is 53.9 Å². The van der Waals surface area contributed by atoms with Crippen LogP contribution in [0.5, 0.6) is 11.5 Å². The van der Waals surface area contributed by atoms with E-state index in [1.807, 2.05) is 13.8 Å². The summed E-state index contributed by atoms with van der Waals surface area (Å²) in [7, 11) is 1.47. The number of imidazole rings is 1. The summed E-state index contributed by atoms with van der Waals surface area (Å²) in [4.78, 5) is 16.6. The van der Waals surface area contributed by atoms with Crippen LogP contribution < -0.4 is 9.47 Å². The van der Waals surface area contributed by atoms with Crippen molar-refractivity contribution in [2.75, 3.05) is 13.7 Å². The Labute approximate surface area is 167 Å². The van der Waals surface area contributed by atoms with Crippen LogP contribution in [-0.2, 0) is 11.3 Å². The van der Waals surface area contributed by atoms with E-state index >= 15 is 0 Å². The number of carbonyl (C=O) groups is 1. The number of esters is 1. The Morgan fingerprint density at radius 3 is 2.59 bits per heavy atom. The Balaban J connectivity index is 1.76. The van der Waals surface area contributed by atoms with Crippen LogP contribution in [0, 0.1) is 5.92 Å². The summed E-state index contributed by atoms with van der Waals surface area (Å²) >= 11 is 0. The summed E-state index contributed by atoms with van der Waals surface area (Å²) in [5, 5.41) is 0. The quantitative estimate of drug-likeness (QED) is 0.503. The summed E-state index contributed by atoms with van der Waals surface area (Å²) in [6.45, 7) is 1.36. The van der Waals surface area contributed by atoms with E-state index in [9.17, 15) is 13.6 Å². The normalized spacial score (nSPS) is 11.3. The zero-order chi connectivity index (χ0) is 21.0. The van der Waals surface area contributed by atoms with E-state index in [0.29, 0.717) is 29.5 Å². The summed E-state index contributed by atoms with van der Waals surface area (Å²) < 4.78 is 43.8. The maximum Gasteiger partial charge on any atom is 0.338 e. The molecule has 0 aliphatic carbocycles. The molecule has 8 heteroatoms. The lowest BCUT2D eigenvalue weighted by molar-refractivity contribution is 0.0387. The van der Waals surface area contributed by atoms with Gasteiger partial charge in [0.2, 0.25) is 0 Å². The Morgan fingerprint density at radius 1 is 1.14 bits per heavy atom. The first kappa shape index (κ1) is 20.6. The van der Waals surface area contributed by atoms with E-state index in [4.69, 9.17) is 14.2 Å². The summed E-state index contributed by atoms with van der Waals surface area (Å²) in [5.74, 6) is 0.528. The number of hydrogen-bond donors (Lipinski definition) is 0. The SMILES string of the molecule is COc1cc(C(=O)OCc2nc3ccccc3n2C(F)F)ccc1OCC(C)C. The standard InChI is InChI=1S/C21H22F2N2O4/c1-13(2)11-28-17-9-8-14(10-18(17)27-3)20(26)29-12-19-24-15-6-4-5-7-16(15)25(19)21(22)23/h4-10,13,21H,11-12H2,1-3H3. The van der Waals surface area contributed by atoms with Crippen LogP contribution in [0.15, 0.2) is 42.5 Å². The summed E-state index contributed by atoms with van der Waals surface area (Å²) in [6, 6.07) is 11.2. The molecule has 0 unspecified atom stereocenters. The van der Waals surface area contributed by atoms with Crippen LogP contribution in [0.4, 0.5) is 8.78 Å². The van der Waals surface area contributed by atoms with Gasteiger partial charge in [-0.15, -0.1) is 0 Å². The number of ether oxygens (including phenoxy) is 3. The lowest BCUT2D eigenvalue weighted by Crippen LogP contribution is -2.11. The van der Waals surface area contributed by atoms with Gasteiger partial charge in [-0.05, 0) is 36.2 Å². The number of carbonyl (C=O) groups excluding carboxylic acids is 1. The van der Waals surface area contributed by atoms with Crippen LogP contribution in [0.25, 0.3) is 11.0 Å². The second kappa shape index (κ2) is 8.89. The van der Waals surface area contributed by atoms with Gasteiger partial charge in [0.25, 0.3) is 0 Å². The van der Waals surface area contributed by atoms with Gasteiger partial charge < -0.3 is 14.2 Å². The van der Waals surface area contributed by atoms with Gasteiger partial charge in [-0.3, -0.25) is 4.57 Å². The molecule has 2 aromatic carbocycles. The minimum absolute atomic E-state index is 0.0293. The van der Waals surface area contributed by atoms with E-state index in [-0.39, 0.29) is 23.5 Å². The third kappa shape index (κ3) is 4.64. The number of alkyl halides is 2. The molecular formula is C21H22F2N2O4. The van der Waals surface area contributed by atoms with E-state index in [0.717, 1.165) is 4.57 Å². The molecule has 0 N–H and O–H groups in total. The van der Waals surface area contributed by atoms with Crippen LogP contribution in [0.3, 0.4) is 0 Å². The number of methoxy groups -OCH3 is 1. The Hall–Kier alpha value is -3.16. The van der Waals surface area contributed by atoms with E-state index < -0.39 is 12.5 Å². The fourth-order valence-electron chi connectivity index (χ4n) is 2.80. The highest BCUT2D eigenvalue weighted by Gasteiger charge is 2.19. The summed E-state index contributed by atoms with van der Waals surface area (Å²) in [5.41, 5.74) is 0.910. The van der Waals surface area contributed by atoms with E-state index in [1.165, 1.54) is 19.2 Å². The smallest absolute Gasteiger partial charge is 0.338 e. The van der Waals surface area contributed by atoms with Crippen LogP contribution in [-0.4, -0.2) is 29.2 Å². The zero-order valence-corrected chi connectivity index (χ0v) is 16.4. The van der Waals surface area contributed by atoms with Crippen LogP contribution in [0.2, 0.25) is 0 Å². The molecule has 29 heavy (non-hydrogen) atoms. The van der Waals surface area contributed by atoms with Gasteiger partial charge in [0.05, 0.1) is 30.3 Å². The lowest BCUT2D eigenvalue weighted by atomic mass is 10.2. The molecule has 0 fully saturated rings. The molecule has 3 aromatic rings. The molecule has 6 nitrogen and oxygen atoms in total. The first-order valence-corrected chi connectivity index (χ1v) is 9.12. The van der Waals surface area contributed by atoms with Crippen molar-refractivity contribution < 1.29 is 27.8 Å². The average Bonchev–Trinajstić information content (AvgIpc) is 3.08. The predicted octanol–water partition coefficient (Wildman–Crippen LogP) is 4.83. The number of aromatic nitrogens is 2. The molecule has 0 saturated carbocycles. The minimum Gasteiger partial charge on any atom is -0.493 e. The predicted molar refractivity (Wildman–Crippen MR) is 103 cm³/mol. The maximum atomic E-state index is 13.5. The Kier molecular flexibility index (Phi) is 6.31. The highest BCUT2D eigenvalue weighted by atomic mass is 19.3. The Morgan fingerprint density at radius 2 is 1.90 bits per heavy atom. The molecule has 0 aliphatic heterocycles. The highest BCUT2D eigenvalue weighted by Crippen LogP contribution is 2.29. The molecule has 0 bridgehead atoms. The number of fused-ring (bicyclic) bond motifs is 1. The average molecular weight is 404 g/mol. The lowest BCUT2D eigenvalue weighted by Gasteiger charge is -2.13. The zero-order valence-electron chi connectivity index (χ0n) is 16.4. The van der Waals surface area contributed by atoms with Crippen LogP contribution >= 0.6 is 0 Å². The molecule has 1 heterocycles. The molecule has 0 radical (unpaired) electrons. The fourth-order valence-corrected chi connectivity index (χ4v) is 2.80. The van der Waals surface area contributed by atoms with Gasteiger partial charge in [-0.2, -0.15) is 8.78 Å². The van der Waals surface area contributed by atoms with Crippen molar-refractivity contribution in [1.29, 1.82) is 0 Å². The monoisotopic (exact) mass is 404 g/mol. The molecule has 0 amide bonds. The van der Waals surface area contributed by atoms with E-state index in [1.54, 1.807) is 30.3 Å². The third-order valence-corrected chi connectivity index (χ3v) is 4.17. The third-order valence-electron chi connectivity index (χ3n) is 4.17. The van der Waals surface area contributed by atoms with Crippen molar-refractivity contribution in [3.63, 3.8) is 0 Å². The molecular weight excluding hydrogens is 382 g/mol. The molecule has 0 aliphatic rings. The van der Waals surface area contributed by atoms with Crippen molar-refractivity contribution in [1.82, 2.24) is 9.55 Å². The van der Waals surface area contributed by atoms with Crippen molar-refractivity contribution in [2.45, 2.75) is 27.0 Å². The number of halogens is 2. The Bertz CT molecular complexity index is 1000. The second-order valence-corrected chi connectivity index (χ2v) is 6.81. The van der Waals surface area contributed by atoms with Gasteiger partial charge in [0, 0.05) is 0 Å². The maximum absolute atomic E-state index is 13.5. The number of benzene rings is 2. The molecule has 0 atom stereocenters. The van der Waals surface area contributed by atoms with Crippen molar-refractivity contribution in [3.8, 4) is 11.5 Å². The van der Waals surface area contributed by atoms with Gasteiger partial charge in [0.15, 0.2) is 17.3 Å². The first-order chi connectivity index (χ1) is 13.9. The first-order valence-electron chi connectivity index (χ1n) is 9.12. The number of hydrogen-bond acceptors (Lipinski definition) is 5. The van der Waals surface area contributed by atoms with Crippen molar-refractivity contribution >= 4 is 17.0 Å². The van der Waals surface area contributed by atoms with Gasteiger partial charge >= 0.3 is 12.5 Å². The molecule has 1 aromatic heterocycles. The number of rotatable bonds is 8. The van der Waals surface area contributed by atoms with Gasteiger partial charge in [0.1, 0.15) is 6.61 Å². The molecule has 0 saturated heterocycles. The molecule has 0 spiro atoms. The van der Waals surface area contributed by atoms with Gasteiger partial charge in [-0.25, -0.2) is 9.78 Å². The van der Waals surface area contributed by atoms with Crippen molar-refractivity contribution in [2.24, 2.45) is 5.92 Å². The number of para-hydroxylation sites is 2.